The number of methoxy groups -OCH3 is 1. The quantitative estimate of drug-likeness (QED) is 0.595. The van der Waals surface area contributed by atoms with E-state index in [-0.39, 0.29) is 11.9 Å². The first kappa shape index (κ1) is 18.4. The standard InChI is InChI=1S/C20H22N4O3/c1-14-5-3-6-17(13-14)27-12-4-7-18(25)21-20-22-19(23-24-20)15-8-10-16(26-2)11-9-15/h3,5-6,8-11,13H,4,7,12H2,1-2H3,(H2,21,22,23,24,25). The predicted octanol–water partition coefficient (Wildman–Crippen LogP) is 3.59. The van der Waals surface area contributed by atoms with Gasteiger partial charge < -0.3 is 9.47 Å². The third-order valence-corrected chi connectivity index (χ3v) is 3.91. The van der Waals surface area contributed by atoms with E-state index < -0.39 is 0 Å². The molecule has 140 valence electrons. The van der Waals surface area contributed by atoms with Gasteiger partial charge in [0.05, 0.1) is 13.7 Å². The van der Waals surface area contributed by atoms with Crippen molar-refractivity contribution in [1.82, 2.24) is 15.2 Å². The highest BCUT2D eigenvalue weighted by molar-refractivity contribution is 5.89. The molecule has 0 saturated heterocycles. The highest BCUT2D eigenvalue weighted by atomic mass is 16.5. The average Bonchev–Trinajstić information content (AvgIpc) is 3.14. The molecule has 0 atom stereocenters. The lowest BCUT2D eigenvalue weighted by atomic mass is 10.2. The number of aromatic amines is 1. The lowest BCUT2D eigenvalue weighted by Crippen LogP contribution is -2.13. The fourth-order valence-corrected chi connectivity index (χ4v) is 2.51. The van der Waals surface area contributed by atoms with Gasteiger partial charge in [-0.25, -0.2) is 0 Å². The van der Waals surface area contributed by atoms with Gasteiger partial charge in [-0.15, -0.1) is 5.10 Å². The number of benzene rings is 2. The van der Waals surface area contributed by atoms with E-state index in [0.29, 0.717) is 25.3 Å². The van der Waals surface area contributed by atoms with Crippen LogP contribution >= 0.6 is 0 Å². The third kappa shape index (κ3) is 5.31. The average molecular weight is 366 g/mol. The molecule has 1 aromatic heterocycles. The third-order valence-electron chi connectivity index (χ3n) is 3.91. The van der Waals surface area contributed by atoms with Crippen LogP contribution in [0.15, 0.2) is 48.5 Å². The van der Waals surface area contributed by atoms with Crippen LogP contribution in [0.2, 0.25) is 0 Å². The van der Waals surface area contributed by atoms with Gasteiger partial charge in [0.25, 0.3) is 0 Å². The Bertz CT molecular complexity index is 890. The molecule has 7 nitrogen and oxygen atoms in total. The number of amides is 1. The van der Waals surface area contributed by atoms with Crippen LogP contribution in [-0.4, -0.2) is 34.8 Å². The van der Waals surface area contributed by atoms with Crippen LogP contribution in [0.3, 0.4) is 0 Å². The lowest BCUT2D eigenvalue weighted by Gasteiger charge is -2.06. The molecule has 3 aromatic rings. The lowest BCUT2D eigenvalue weighted by molar-refractivity contribution is -0.116. The fourth-order valence-electron chi connectivity index (χ4n) is 2.51. The minimum absolute atomic E-state index is 0.150. The van der Waals surface area contributed by atoms with Crippen molar-refractivity contribution in [3.63, 3.8) is 0 Å². The highest BCUT2D eigenvalue weighted by Crippen LogP contribution is 2.20. The van der Waals surface area contributed by atoms with Crippen LogP contribution in [-0.2, 0) is 4.79 Å². The van der Waals surface area contributed by atoms with Gasteiger partial charge in [0.15, 0.2) is 5.82 Å². The molecule has 27 heavy (non-hydrogen) atoms. The monoisotopic (exact) mass is 366 g/mol. The number of aromatic nitrogens is 3. The Morgan fingerprint density at radius 1 is 1.15 bits per heavy atom. The number of nitrogens with one attached hydrogen (secondary N) is 2. The summed E-state index contributed by atoms with van der Waals surface area (Å²) in [6.07, 6.45) is 0.938. The van der Waals surface area contributed by atoms with Crippen molar-refractivity contribution in [3.8, 4) is 22.9 Å². The number of H-pyrrole nitrogens is 1. The molecule has 2 N–H and O–H groups in total. The zero-order valence-corrected chi connectivity index (χ0v) is 15.4. The number of aryl methyl sites for hydroxylation is 1. The molecule has 7 heteroatoms. The summed E-state index contributed by atoms with van der Waals surface area (Å²) in [5.41, 5.74) is 2.00. The van der Waals surface area contributed by atoms with Crippen LogP contribution < -0.4 is 14.8 Å². The minimum atomic E-state index is -0.150. The maximum absolute atomic E-state index is 12.0. The Kier molecular flexibility index (Phi) is 6.04. The van der Waals surface area contributed by atoms with E-state index in [2.05, 4.69) is 20.5 Å². The number of anilines is 1. The summed E-state index contributed by atoms with van der Waals surface area (Å²) in [5.74, 6) is 2.26. The van der Waals surface area contributed by atoms with E-state index in [9.17, 15) is 4.79 Å². The maximum Gasteiger partial charge on any atom is 0.249 e. The molecule has 0 aliphatic rings. The molecule has 3 rings (SSSR count). The van der Waals surface area contributed by atoms with E-state index in [1.54, 1.807) is 7.11 Å². The van der Waals surface area contributed by atoms with Gasteiger partial charge in [-0.1, -0.05) is 12.1 Å². The number of carbonyl (C=O) groups is 1. The van der Waals surface area contributed by atoms with Gasteiger partial charge in [-0.3, -0.25) is 15.2 Å². The molecular formula is C20H22N4O3. The maximum atomic E-state index is 12.0. The summed E-state index contributed by atoms with van der Waals surface area (Å²) in [5, 5.41) is 9.54. The Hall–Kier alpha value is -3.35. The van der Waals surface area contributed by atoms with Crippen molar-refractivity contribution in [3.05, 3.63) is 54.1 Å². The molecule has 0 aliphatic heterocycles. The Morgan fingerprint density at radius 2 is 1.96 bits per heavy atom. The summed E-state index contributed by atoms with van der Waals surface area (Å²) in [7, 11) is 1.61. The van der Waals surface area contributed by atoms with Gasteiger partial charge in [0.1, 0.15) is 11.5 Å². The van der Waals surface area contributed by atoms with Crippen molar-refractivity contribution in [1.29, 1.82) is 0 Å². The summed E-state index contributed by atoms with van der Waals surface area (Å²) in [6, 6.07) is 15.2. The van der Waals surface area contributed by atoms with E-state index in [1.807, 2.05) is 55.5 Å². The molecule has 1 amide bonds. The van der Waals surface area contributed by atoms with Crippen LogP contribution in [0.5, 0.6) is 11.5 Å². The first-order valence-corrected chi connectivity index (χ1v) is 8.70. The summed E-state index contributed by atoms with van der Waals surface area (Å²) >= 11 is 0. The second-order valence-electron chi connectivity index (χ2n) is 6.05. The summed E-state index contributed by atoms with van der Waals surface area (Å²) in [6.45, 7) is 2.49. The molecule has 0 radical (unpaired) electrons. The number of carbonyl (C=O) groups excluding carboxylic acids is 1. The van der Waals surface area contributed by atoms with Gasteiger partial charge in [-0.05, 0) is 55.3 Å². The molecular weight excluding hydrogens is 344 g/mol. The molecule has 0 aliphatic carbocycles. The largest absolute Gasteiger partial charge is 0.497 e. The number of rotatable bonds is 8. The van der Waals surface area contributed by atoms with Gasteiger partial charge >= 0.3 is 0 Å². The number of ether oxygens (including phenoxy) is 2. The van der Waals surface area contributed by atoms with Gasteiger partial charge in [0, 0.05) is 12.0 Å². The van der Waals surface area contributed by atoms with Gasteiger partial charge in [-0.2, -0.15) is 4.98 Å². The molecule has 2 aromatic carbocycles. The van der Waals surface area contributed by atoms with Crippen LogP contribution in [0, 0.1) is 6.92 Å². The van der Waals surface area contributed by atoms with Crippen molar-refractivity contribution >= 4 is 11.9 Å². The molecule has 0 bridgehead atoms. The topological polar surface area (TPSA) is 89.1 Å². The zero-order valence-electron chi connectivity index (χ0n) is 15.4. The second-order valence-corrected chi connectivity index (χ2v) is 6.05. The van der Waals surface area contributed by atoms with E-state index >= 15 is 0 Å². The highest BCUT2D eigenvalue weighted by Gasteiger charge is 2.09. The summed E-state index contributed by atoms with van der Waals surface area (Å²) < 4.78 is 10.8. The number of hydrogen-bond acceptors (Lipinski definition) is 5. The SMILES string of the molecule is COc1ccc(-c2nc(NC(=O)CCCOc3cccc(C)c3)n[nH]2)cc1. The zero-order chi connectivity index (χ0) is 19.1. The number of hydrogen-bond donors (Lipinski definition) is 2. The van der Waals surface area contributed by atoms with E-state index in [0.717, 1.165) is 22.6 Å². The Labute approximate surface area is 157 Å². The molecule has 0 unspecified atom stereocenters. The molecule has 0 saturated carbocycles. The summed E-state index contributed by atoms with van der Waals surface area (Å²) in [4.78, 5) is 16.3. The normalized spacial score (nSPS) is 10.4. The predicted molar refractivity (Wildman–Crippen MR) is 103 cm³/mol. The van der Waals surface area contributed by atoms with E-state index in [1.165, 1.54) is 0 Å². The van der Waals surface area contributed by atoms with Crippen LogP contribution in [0.1, 0.15) is 18.4 Å². The fraction of sp³-hybridized carbons (Fsp3) is 0.250. The van der Waals surface area contributed by atoms with E-state index in [4.69, 9.17) is 9.47 Å². The molecule has 0 spiro atoms. The molecule has 0 fully saturated rings. The first-order chi connectivity index (χ1) is 13.1. The Morgan fingerprint density at radius 3 is 2.70 bits per heavy atom. The van der Waals surface area contributed by atoms with Crippen LogP contribution in [0.4, 0.5) is 5.95 Å². The number of nitrogens with zero attached hydrogens (tertiary/aromatic N) is 2. The second kappa shape index (κ2) is 8.84. The van der Waals surface area contributed by atoms with Crippen LogP contribution in [0.25, 0.3) is 11.4 Å². The molecule has 1 heterocycles. The smallest absolute Gasteiger partial charge is 0.249 e. The minimum Gasteiger partial charge on any atom is -0.497 e. The van der Waals surface area contributed by atoms with Crippen molar-refractivity contribution < 1.29 is 14.3 Å². The van der Waals surface area contributed by atoms with Crippen molar-refractivity contribution in [2.75, 3.05) is 19.0 Å². The Balaban J connectivity index is 1.44. The van der Waals surface area contributed by atoms with Gasteiger partial charge in [0.2, 0.25) is 11.9 Å². The van der Waals surface area contributed by atoms with Crippen molar-refractivity contribution in [2.45, 2.75) is 19.8 Å². The first-order valence-electron chi connectivity index (χ1n) is 8.70. The van der Waals surface area contributed by atoms with Crippen molar-refractivity contribution in [2.24, 2.45) is 0 Å².